The highest BCUT2D eigenvalue weighted by molar-refractivity contribution is 7.89. The zero-order chi connectivity index (χ0) is 21.5. The van der Waals surface area contributed by atoms with E-state index in [-0.39, 0.29) is 22.0 Å². The molecule has 0 radical (unpaired) electrons. The van der Waals surface area contributed by atoms with Crippen molar-refractivity contribution in [1.29, 1.82) is 0 Å². The van der Waals surface area contributed by atoms with Crippen LogP contribution in [0.2, 0.25) is 0 Å². The van der Waals surface area contributed by atoms with Gasteiger partial charge in [-0.2, -0.15) is 0 Å². The number of rotatable bonds is 4. The van der Waals surface area contributed by atoms with Gasteiger partial charge in [-0.25, -0.2) is 12.7 Å². The molecule has 1 amide bonds. The number of sulfonamides is 1. The van der Waals surface area contributed by atoms with Gasteiger partial charge in [0.15, 0.2) is 11.5 Å². The van der Waals surface area contributed by atoms with E-state index in [4.69, 9.17) is 9.47 Å². The molecule has 4 rings (SSSR count). The van der Waals surface area contributed by atoms with E-state index in [1.807, 2.05) is 19.1 Å². The van der Waals surface area contributed by atoms with Gasteiger partial charge < -0.3 is 14.8 Å². The summed E-state index contributed by atoms with van der Waals surface area (Å²) in [5.41, 5.74) is 1.64. The maximum absolute atomic E-state index is 13.0. The monoisotopic (exact) mass is 424 g/mol. The maximum atomic E-state index is 13.0. The zero-order valence-electron chi connectivity index (χ0n) is 16.7. The lowest BCUT2D eigenvalue weighted by Gasteiger charge is -2.18. The summed E-state index contributed by atoms with van der Waals surface area (Å²) in [6.07, 6.45) is 0. The van der Waals surface area contributed by atoms with Gasteiger partial charge in [-0.1, -0.05) is 29.8 Å². The van der Waals surface area contributed by atoms with Crippen molar-refractivity contribution in [1.82, 2.24) is 4.31 Å². The number of carbonyl (C=O) groups is 1. The minimum atomic E-state index is -3.90. The Morgan fingerprint density at radius 2 is 1.67 bits per heavy atom. The Bertz CT molecular complexity index is 1230. The number of para-hydroxylation sites is 2. The van der Waals surface area contributed by atoms with Gasteiger partial charge in [-0.15, -0.1) is 0 Å². The first-order chi connectivity index (χ1) is 14.3. The van der Waals surface area contributed by atoms with Gasteiger partial charge in [0.2, 0.25) is 10.0 Å². The van der Waals surface area contributed by atoms with Crippen LogP contribution in [0.1, 0.15) is 15.9 Å². The lowest BCUT2D eigenvalue weighted by molar-refractivity contribution is 0.102. The predicted octanol–water partition coefficient (Wildman–Crippen LogP) is 4.40. The van der Waals surface area contributed by atoms with Crippen LogP contribution in [-0.4, -0.2) is 32.7 Å². The van der Waals surface area contributed by atoms with Crippen molar-refractivity contribution in [2.24, 2.45) is 0 Å². The normalized spacial score (nSPS) is 13.0. The quantitative estimate of drug-likeness (QED) is 0.671. The fourth-order valence-corrected chi connectivity index (χ4v) is 4.00. The average Bonchev–Trinajstić information content (AvgIpc) is 2.84. The summed E-state index contributed by atoms with van der Waals surface area (Å²) < 4.78 is 38.8. The third-order valence-electron chi connectivity index (χ3n) is 4.65. The second kappa shape index (κ2) is 7.47. The van der Waals surface area contributed by atoms with Crippen molar-refractivity contribution in [3.63, 3.8) is 0 Å². The number of hydrogen-bond acceptors (Lipinski definition) is 5. The lowest BCUT2D eigenvalue weighted by Crippen LogP contribution is -2.23. The molecule has 0 atom stereocenters. The first-order valence-electron chi connectivity index (χ1n) is 9.19. The number of amides is 1. The number of hydrogen-bond donors (Lipinski definition) is 1. The van der Waals surface area contributed by atoms with Crippen LogP contribution in [0.3, 0.4) is 0 Å². The van der Waals surface area contributed by atoms with Gasteiger partial charge in [0.05, 0.1) is 11.3 Å². The van der Waals surface area contributed by atoms with Crippen molar-refractivity contribution in [2.75, 3.05) is 19.4 Å². The van der Waals surface area contributed by atoms with Gasteiger partial charge >= 0.3 is 0 Å². The van der Waals surface area contributed by atoms with Crippen LogP contribution in [0, 0.1) is 6.92 Å². The van der Waals surface area contributed by atoms with E-state index in [0.29, 0.717) is 17.2 Å². The molecule has 0 saturated carbocycles. The number of aryl methyl sites for hydroxylation is 1. The largest absolute Gasteiger partial charge is 0.456 e. The number of ether oxygens (including phenoxy) is 2. The molecule has 0 unspecified atom stereocenters. The molecule has 0 aliphatic carbocycles. The molecule has 0 saturated heterocycles. The second-order valence-corrected chi connectivity index (χ2v) is 9.17. The van der Waals surface area contributed by atoms with Crippen LogP contribution in [0.4, 0.5) is 5.69 Å². The van der Waals surface area contributed by atoms with Crippen LogP contribution in [-0.2, 0) is 10.0 Å². The van der Waals surface area contributed by atoms with E-state index in [1.165, 1.54) is 26.2 Å². The van der Waals surface area contributed by atoms with E-state index < -0.39 is 15.9 Å². The fraction of sp³-hybridized carbons (Fsp3) is 0.136. The molecular formula is C22H20N2O5S. The van der Waals surface area contributed by atoms with Gasteiger partial charge in [0.25, 0.3) is 5.91 Å². The van der Waals surface area contributed by atoms with Crippen molar-refractivity contribution >= 4 is 21.6 Å². The van der Waals surface area contributed by atoms with Crippen LogP contribution >= 0.6 is 0 Å². The summed E-state index contributed by atoms with van der Waals surface area (Å²) in [5, 5.41) is 2.75. The third kappa shape index (κ3) is 3.62. The molecule has 0 spiro atoms. The standard InChI is InChI=1S/C22H20N2O5S/c1-14-8-10-15(11-9-14)28-20-13-19-16(12-21(20)30(26,27)24(2)3)22(25)23-17-6-4-5-7-18(17)29-19/h4-13H,1-3H3,(H,23,25). The van der Waals surface area contributed by atoms with E-state index in [9.17, 15) is 13.2 Å². The fourth-order valence-electron chi connectivity index (χ4n) is 2.98. The molecule has 0 fully saturated rings. The highest BCUT2D eigenvalue weighted by atomic mass is 32.2. The van der Waals surface area contributed by atoms with Gasteiger partial charge in [0, 0.05) is 20.2 Å². The summed E-state index contributed by atoms with van der Waals surface area (Å²) in [6, 6.07) is 16.9. The highest BCUT2D eigenvalue weighted by Crippen LogP contribution is 2.41. The Labute approximate surface area is 174 Å². The Morgan fingerprint density at radius 1 is 0.967 bits per heavy atom. The number of nitrogens with one attached hydrogen (secondary N) is 1. The molecule has 30 heavy (non-hydrogen) atoms. The van der Waals surface area contributed by atoms with Crippen molar-refractivity contribution < 1.29 is 22.7 Å². The molecule has 1 heterocycles. The summed E-state index contributed by atoms with van der Waals surface area (Å²) in [5.74, 6) is 0.728. The van der Waals surface area contributed by atoms with E-state index in [2.05, 4.69) is 5.32 Å². The average molecular weight is 424 g/mol. The van der Waals surface area contributed by atoms with Crippen LogP contribution in [0.5, 0.6) is 23.0 Å². The molecule has 1 aliphatic rings. The number of benzene rings is 3. The Hall–Kier alpha value is -3.36. The number of carbonyl (C=O) groups excluding carboxylic acids is 1. The third-order valence-corrected chi connectivity index (χ3v) is 6.49. The lowest BCUT2D eigenvalue weighted by atomic mass is 10.1. The van der Waals surface area contributed by atoms with Crippen LogP contribution < -0.4 is 14.8 Å². The molecule has 3 aromatic rings. The molecule has 1 aliphatic heterocycles. The first kappa shape index (κ1) is 19.9. The SMILES string of the molecule is Cc1ccc(Oc2cc3c(cc2S(=O)(=O)N(C)C)C(=O)Nc2ccccc2O3)cc1. The second-order valence-electron chi connectivity index (χ2n) is 7.05. The molecule has 8 heteroatoms. The first-order valence-corrected chi connectivity index (χ1v) is 10.6. The topological polar surface area (TPSA) is 84.9 Å². The molecular weight excluding hydrogens is 404 g/mol. The van der Waals surface area contributed by atoms with E-state index in [1.54, 1.807) is 36.4 Å². The number of nitrogens with zero attached hydrogens (tertiary/aromatic N) is 1. The van der Waals surface area contributed by atoms with E-state index >= 15 is 0 Å². The summed E-state index contributed by atoms with van der Waals surface area (Å²) in [7, 11) is -1.06. The zero-order valence-corrected chi connectivity index (χ0v) is 17.5. The van der Waals surface area contributed by atoms with Crippen LogP contribution in [0.25, 0.3) is 0 Å². The number of fused-ring (bicyclic) bond motifs is 2. The Kier molecular flexibility index (Phi) is 4.97. The molecule has 154 valence electrons. The van der Waals surface area contributed by atoms with Crippen molar-refractivity contribution in [2.45, 2.75) is 11.8 Å². The summed E-state index contributed by atoms with van der Waals surface area (Å²) in [6.45, 7) is 1.94. The molecule has 7 nitrogen and oxygen atoms in total. The van der Waals surface area contributed by atoms with E-state index in [0.717, 1.165) is 9.87 Å². The Morgan fingerprint density at radius 3 is 2.37 bits per heavy atom. The van der Waals surface area contributed by atoms with Crippen molar-refractivity contribution in [3.05, 3.63) is 71.8 Å². The highest BCUT2D eigenvalue weighted by Gasteiger charge is 2.29. The minimum absolute atomic E-state index is 0.0680. The van der Waals surface area contributed by atoms with Crippen LogP contribution in [0.15, 0.2) is 65.6 Å². The summed E-state index contributed by atoms with van der Waals surface area (Å²) in [4.78, 5) is 12.7. The van der Waals surface area contributed by atoms with Crippen molar-refractivity contribution in [3.8, 4) is 23.0 Å². The molecule has 0 aromatic heterocycles. The molecule has 0 bridgehead atoms. The molecule has 1 N–H and O–H groups in total. The Balaban J connectivity index is 1.89. The van der Waals surface area contributed by atoms with Gasteiger partial charge in [-0.05, 0) is 37.3 Å². The smallest absolute Gasteiger partial charge is 0.259 e. The molecule has 3 aromatic carbocycles. The predicted molar refractivity (Wildman–Crippen MR) is 113 cm³/mol. The maximum Gasteiger partial charge on any atom is 0.259 e. The van der Waals surface area contributed by atoms with Gasteiger partial charge in [0.1, 0.15) is 16.4 Å². The van der Waals surface area contributed by atoms with Gasteiger partial charge in [-0.3, -0.25) is 4.79 Å². The minimum Gasteiger partial charge on any atom is -0.456 e. The summed E-state index contributed by atoms with van der Waals surface area (Å²) >= 11 is 0. The number of anilines is 1.